The number of benzene rings is 1. The summed E-state index contributed by atoms with van der Waals surface area (Å²) in [5, 5.41) is 0.509. The van der Waals surface area contributed by atoms with E-state index in [0.717, 1.165) is 25.7 Å². The molecule has 2 rings (SSSR count). The first-order valence-corrected chi connectivity index (χ1v) is 7.11. The van der Waals surface area contributed by atoms with Crippen molar-refractivity contribution in [3.05, 3.63) is 34.6 Å². The van der Waals surface area contributed by atoms with E-state index in [9.17, 15) is 9.18 Å². The van der Waals surface area contributed by atoms with Gasteiger partial charge < -0.3 is 9.47 Å². The molecule has 5 heteroatoms. The third-order valence-corrected chi connectivity index (χ3v) is 4.06. The Hall–Kier alpha value is -1.13. The second-order valence-corrected chi connectivity index (χ2v) is 5.45. The molecule has 0 heterocycles. The van der Waals surface area contributed by atoms with Crippen LogP contribution in [0, 0.1) is 11.7 Å². The van der Waals surface area contributed by atoms with Gasteiger partial charge in [-0.3, -0.25) is 4.79 Å². The van der Waals surface area contributed by atoms with Crippen molar-refractivity contribution in [3.8, 4) is 0 Å². The Labute approximate surface area is 123 Å². The number of hydrogen-bond acceptors (Lipinski definition) is 3. The molecule has 0 N–H and O–H groups in total. The summed E-state index contributed by atoms with van der Waals surface area (Å²) in [6.45, 7) is 0.296. The fraction of sp³-hybridized carbons (Fsp3) is 0.533. The fourth-order valence-corrected chi connectivity index (χ4v) is 2.67. The summed E-state index contributed by atoms with van der Waals surface area (Å²) in [4.78, 5) is 11.4. The summed E-state index contributed by atoms with van der Waals surface area (Å²) >= 11 is 5.99. The maximum Gasteiger partial charge on any atom is 0.308 e. The molecule has 1 aromatic carbocycles. The lowest BCUT2D eigenvalue weighted by Gasteiger charge is -2.27. The van der Waals surface area contributed by atoms with E-state index < -0.39 is 0 Å². The minimum atomic E-state index is -0.317. The molecule has 0 aromatic heterocycles. The number of halogens is 2. The molecule has 1 saturated carbocycles. The van der Waals surface area contributed by atoms with Crippen molar-refractivity contribution in [2.45, 2.75) is 38.4 Å². The van der Waals surface area contributed by atoms with Gasteiger partial charge in [-0.1, -0.05) is 11.6 Å². The van der Waals surface area contributed by atoms with E-state index in [4.69, 9.17) is 21.1 Å². The lowest BCUT2D eigenvalue weighted by atomic mass is 9.87. The van der Waals surface area contributed by atoms with Crippen LogP contribution in [0.3, 0.4) is 0 Å². The van der Waals surface area contributed by atoms with Gasteiger partial charge in [-0.2, -0.15) is 0 Å². The van der Waals surface area contributed by atoms with Crippen molar-refractivity contribution in [1.82, 2.24) is 0 Å². The van der Waals surface area contributed by atoms with Gasteiger partial charge in [0.05, 0.1) is 25.7 Å². The molecule has 20 heavy (non-hydrogen) atoms. The summed E-state index contributed by atoms with van der Waals surface area (Å²) in [6, 6.07) is 4.25. The Morgan fingerprint density at radius 1 is 1.35 bits per heavy atom. The standard InChI is InChI=1S/C15H18ClFO3/c1-19-15(18)10-2-5-13(6-3-10)20-9-11-8-12(17)4-7-14(11)16/h4,7-8,10,13H,2-3,5-6,9H2,1H3. The Kier molecular flexibility index (Phi) is 5.38. The van der Waals surface area contributed by atoms with Gasteiger partial charge in [0.1, 0.15) is 5.82 Å². The molecule has 1 aliphatic carbocycles. The third-order valence-electron chi connectivity index (χ3n) is 3.69. The van der Waals surface area contributed by atoms with Crippen LogP contribution in [0.15, 0.2) is 18.2 Å². The van der Waals surface area contributed by atoms with Crippen molar-refractivity contribution in [3.63, 3.8) is 0 Å². The second kappa shape index (κ2) is 7.04. The highest BCUT2D eigenvalue weighted by molar-refractivity contribution is 6.31. The lowest BCUT2D eigenvalue weighted by molar-refractivity contribution is -0.147. The predicted octanol–water partition coefficient (Wildman–Crippen LogP) is 3.73. The maximum absolute atomic E-state index is 13.1. The molecule has 0 atom stereocenters. The van der Waals surface area contributed by atoms with Gasteiger partial charge in [0.15, 0.2) is 0 Å². The van der Waals surface area contributed by atoms with E-state index in [2.05, 4.69) is 0 Å². The fourth-order valence-electron chi connectivity index (χ4n) is 2.49. The normalized spacial score (nSPS) is 22.6. The van der Waals surface area contributed by atoms with Crippen molar-refractivity contribution in [1.29, 1.82) is 0 Å². The minimum absolute atomic E-state index is 0.0161. The van der Waals surface area contributed by atoms with Crippen LogP contribution in [0.4, 0.5) is 4.39 Å². The Balaban J connectivity index is 1.81. The molecule has 0 unspecified atom stereocenters. The number of hydrogen-bond donors (Lipinski definition) is 0. The lowest BCUT2D eigenvalue weighted by Crippen LogP contribution is -2.26. The van der Waals surface area contributed by atoms with E-state index in [1.165, 1.54) is 25.3 Å². The molecule has 0 spiro atoms. The molecule has 0 saturated heterocycles. The quantitative estimate of drug-likeness (QED) is 0.795. The molecule has 110 valence electrons. The number of methoxy groups -OCH3 is 1. The summed E-state index contributed by atoms with van der Waals surface area (Å²) in [7, 11) is 1.41. The molecule has 0 aliphatic heterocycles. The van der Waals surface area contributed by atoms with Gasteiger partial charge in [-0.15, -0.1) is 0 Å². The van der Waals surface area contributed by atoms with Gasteiger partial charge in [0, 0.05) is 5.02 Å². The molecule has 1 aromatic rings. The third kappa shape index (κ3) is 3.93. The van der Waals surface area contributed by atoms with Crippen molar-refractivity contribution >= 4 is 17.6 Å². The maximum atomic E-state index is 13.1. The zero-order chi connectivity index (χ0) is 14.5. The van der Waals surface area contributed by atoms with Crippen LogP contribution < -0.4 is 0 Å². The van der Waals surface area contributed by atoms with Crippen molar-refractivity contribution < 1.29 is 18.7 Å². The first-order chi connectivity index (χ1) is 9.60. The van der Waals surface area contributed by atoms with E-state index in [-0.39, 0.29) is 23.8 Å². The topological polar surface area (TPSA) is 35.5 Å². The van der Waals surface area contributed by atoms with Crippen LogP contribution >= 0.6 is 11.6 Å². The van der Waals surface area contributed by atoms with Crippen LogP contribution in [0.25, 0.3) is 0 Å². The zero-order valence-electron chi connectivity index (χ0n) is 11.4. The Morgan fingerprint density at radius 3 is 2.70 bits per heavy atom. The average molecular weight is 301 g/mol. The smallest absolute Gasteiger partial charge is 0.308 e. The molecule has 0 amide bonds. The van der Waals surface area contributed by atoms with Gasteiger partial charge in [-0.05, 0) is 49.4 Å². The van der Waals surface area contributed by atoms with E-state index >= 15 is 0 Å². The molecule has 3 nitrogen and oxygen atoms in total. The molecule has 1 aliphatic rings. The molecular formula is C15H18ClFO3. The largest absolute Gasteiger partial charge is 0.469 e. The molecule has 0 bridgehead atoms. The summed E-state index contributed by atoms with van der Waals surface area (Å²) < 4.78 is 23.6. The Bertz CT molecular complexity index is 470. The number of esters is 1. The van der Waals surface area contributed by atoms with Crippen LogP contribution in [0.1, 0.15) is 31.2 Å². The monoisotopic (exact) mass is 300 g/mol. The van der Waals surface area contributed by atoms with Crippen molar-refractivity contribution in [2.24, 2.45) is 5.92 Å². The average Bonchev–Trinajstić information content (AvgIpc) is 2.48. The predicted molar refractivity (Wildman–Crippen MR) is 74.0 cm³/mol. The second-order valence-electron chi connectivity index (χ2n) is 5.04. The van der Waals surface area contributed by atoms with Crippen LogP contribution in [0.2, 0.25) is 5.02 Å². The highest BCUT2D eigenvalue weighted by Crippen LogP contribution is 2.28. The van der Waals surface area contributed by atoms with Crippen LogP contribution in [0.5, 0.6) is 0 Å². The van der Waals surface area contributed by atoms with Crippen molar-refractivity contribution in [2.75, 3.05) is 7.11 Å². The molecule has 0 radical (unpaired) electrons. The summed E-state index contributed by atoms with van der Waals surface area (Å²) in [5.74, 6) is -0.475. The number of carbonyl (C=O) groups is 1. The zero-order valence-corrected chi connectivity index (χ0v) is 12.2. The van der Waals surface area contributed by atoms with E-state index in [1.54, 1.807) is 0 Å². The first-order valence-electron chi connectivity index (χ1n) is 6.73. The van der Waals surface area contributed by atoms with Gasteiger partial charge in [0.25, 0.3) is 0 Å². The number of carbonyl (C=O) groups excluding carboxylic acids is 1. The van der Waals surface area contributed by atoms with Gasteiger partial charge in [0.2, 0.25) is 0 Å². The first kappa shape index (κ1) is 15.3. The SMILES string of the molecule is COC(=O)C1CCC(OCc2cc(F)ccc2Cl)CC1. The van der Waals surface area contributed by atoms with E-state index in [0.29, 0.717) is 17.2 Å². The highest BCUT2D eigenvalue weighted by atomic mass is 35.5. The summed E-state index contributed by atoms with van der Waals surface area (Å²) in [5.41, 5.74) is 0.654. The minimum Gasteiger partial charge on any atom is -0.469 e. The number of rotatable bonds is 4. The molecule has 1 fully saturated rings. The Morgan fingerprint density at radius 2 is 2.05 bits per heavy atom. The molecular weight excluding hydrogens is 283 g/mol. The van der Waals surface area contributed by atoms with Gasteiger partial charge in [-0.25, -0.2) is 4.39 Å². The number of ether oxygens (including phenoxy) is 2. The van der Waals surface area contributed by atoms with Gasteiger partial charge >= 0.3 is 5.97 Å². The summed E-state index contributed by atoms with van der Waals surface area (Å²) in [6.07, 6.45) is 3.26. The highest BCUT2D eigenvalue weighted by Gasteiger charge is 2.27. The van der Waals surface area contributed by atoms with E-state index in [1.807, 2.05) is 0 Å². The van der Waals surface area contributed by atoms with Crippen LogP contribution in [-0.2, 0) is 20.9 Å². The van der Waals surface area contributed by atoms with Crippen LogP contribution in [-0.4, -0.2) is 19.2 Å².